The first-order valence-corrected chi connectivity index (χ1v) is 10.8. The summed E-state index contributed by atoms with van der Waals surface area (Å²) in [5.74, 6) is 1.07. The van der Waals surface area contributed by atoms with Crippen molar-refractivity contribution in [2.24, 2.45) is 11.8 Å². The molecule has 1 aliphatic heterocycles. The molecule has 6 heteroatoms. The monoisotopic (exact) mass is 378 g/mol. The summed E-state index contributed by atoms with van der Waals surface area (Å²) in [5, 5.41) is 0. The number of piperidine rings is 1. The van der Waals surface area contributed by atoms with Gasteiger partial charge in [0.1, 0.15) is 0 Å². The minimum Gasteiger partial charge on any atom is -0.339 e. The number of sulfonamides is 1. The number of rotatable bonds is 6. The van der Waals surface area contributed by atoms with Crippen LogP contribution in [0.5, 0.6) is 0 Å². The van der Waals surface area contributed by atoms with Gasteiger partial charge in [-0.3, -0.25) is 4.79 Å². The fraction of sp³-hybridized carbons (Fsp3) is 0.550. The first-order valence-electron chi connectivity index (χ1n) is 9.35. The van der Waals surface area contributed by atoms with Crippen LogP contribution >= 0.6 is 0 Å². The summed E-state index contributed by atoms with van der Waals surface area (Å²) in [5.41, 5.74) is 0.815. The SMILES string of the molecule is CCN(CC)S(=O)(=O)c1ccc(/C=C/C(=O)N2CC(C)CC(C)C2)cc1. The molecule has 0 aromatic heterocycles. The molecule has 1 aliphatic rings. The number of likely N-dealkylation sites (tertiary alicyclic amines) is 1. The van der Waals surface area contributed by atoms with Crippen LogP contribution in [0.4, 0.5) is 0 Å². The minimum atomic E-state index is -3.44. The molecule has 1 saturated heterocycles. The predicted molar refractivity (Wildman–Crippen MR) is 105 cm³/mol. The molecule has 0 N–H and O–H groups in total. The Hall–Kier alpha value is -1.66. The van der Waals surface area contributed by atoms with Gasteiger partial charge in [-0.25, -0.2) is 8.42 Å². The highest BCUT2D eigenvalue weighted by Crippen LogP contribution is 2.21. The van der Waals surface area contributed by atoms with Gasteiger partial charge in [0.2, 0.25) is 15.9 Å². The Morgan fingerprint density at radius 3 is 2.15 bits per heavy atom. The Kier molecular flexibility index (Phi) is 7.01. The highest BCUT2D eigenvalue weighted by atomic mass is 32.2. The Morgan fingerprint density at radius 1 is 1.12 bits per heavy atom. The molecule has 26 heavy (non-hydrogen) atoms. The highest BCUT2D eigenvalue weighted by Gasteiger charge is 2.24. The van der Waals surface area contributed by atoms with Crippen LogP contribution in [-0.2, 0) is 14.8 Å². The molecule has 0 radical (unpaired) electrons. The summed E-state index contributed by atoms with van der Waals surface area (Å²) < 4.78 is 26.4. The molecular formula is C20H30N2O3S. The quantitative estimate of drug-likeness (QED) is 0.714. The van der Waals surface area contributed by atoms with E-state index in [0.29, 0.717) is 24.9 Å². The van der Waals surface area contributed by atoms with Crippen molar-refractivity contribution in [3.05, 3.63) is 35.9 Å². The van der Waals surface area contributed by atoms with Crippen molar-refractivity contribution >= 4 is 22.0 Å². The van der Waals surface area contributed by atoms with Crippen LogP contribution in [0, 0.1) is 11.8 Å². The van der Waals surface area contributed by atoms with Gasteiger partial charge in [-0.1, -0.05) is 39.8 Å². The van der Waals surface area contributed by atoms with Crippen LogP contribution in [0.25, 0.3) is 6.08 Å². The Balaban J connectivity index is 2.07. The van der Waals surface area contributed by atoms with E-state index < -0.39 is 10.0 Å². The molecule has 1 heterocycles. The van der Waals surface area contributed by atoms with Gasteiger partial charge < -0.3 is 4.90 Å². The largest absolute Gasteiger partial charge is 0.339 e. The molecule has 0 spiro atoms. The number of hydrogen-bond donors (Lipinski definition) is 0. The lowest BCUT2D eigenvalue weighted by Gasteiger charge is -2.34. The summed E-state index contributed by atoms with van der Waals surface area (Å²) in [4.78, 5) is 14.6. The molecule has 0 saturated carbocycles. The lowest BCUT2D eigenvalue weighted by atomic mass is 9.92. The van der Waals surface area contributed by atoms with Crippen molar-refractivity contribution in [2.75, 3.05) is 26.2 Å². The standard InChI is InChI=1S/C20H30N2O3S/c1-5-22(6-2)26(24,25)19-10-7-18(8-11-19)9-12-20(23)21-14-16(3)13-17(4)15-21/h7-12,16-17H,5-6,13-15H2,1-4H3/b12-9+. The number of carbonyl (C=O) groups is 1. The third-order valence-corrected chi connectivity index (χ3v) is 6.89. The molecule has 5 nitrogen and oxygen atoms in total. The van der Waals surface area contributed by atoms with Crippen molar-refractivity contribution in [3.63, 3.8) is 0 Å². The minimum absolute atomic E-state index is 0.0169. The Bertz CT molecular complexity index is 727. The van der Waals surface area contributed by atoms with Crippen LogP contribution in [-0.4, -0.2) is 49.7 Å². The summed E-state index contributed by atoms with van der Waals surface area (Å²) in [6, 6.07) is 6.68. The molecule has 1 fully saturated rings. The zero-order valence-electron chi connectivity index (χ0n) is 16.2. The zero-order chi connectivity index (χ0) is 19.3. The van der Waals surface area contributed by atoms with Crippen LogP contribution in [0.2, 0.25) is 0 Å². The third kappa shape index (κ3) is 4.95. The van der Waals surface area contributed by atoms with E-state index in [4.69, 9.17) is 0 Å². The maximum Gasteiger partial charge on any atom is 0.246 e. The number of benzene rings is 1. The van der Waals surface area contributed by atoms with Crippen LogP contribution in [0.1, 0.15) is 39.7 Å². The van der Waals surface area contributed by atoms with Gasteiger partial charge in [0.05, 0.1) is 4.90 Å². The zero-order valence-corrected chi connectivity index (χ0v) is 17.0. The first kappa shape index (κ1) is 20.6. The fourth-order valence-electron chi connectivity index (χ4n) is 3.58. The van der Waals surface area contributed by atoms with E-state index in [1.54, 1.807) is 36.4 Å². The molecule has 0 aliphatic carbocycles. The van der Waals surface area contributed by atoms with E-state index in [1.807, 2.05) is 18.7 Å². The van der Waals surface area contributed by atoms with Crippen LogP contribution in [0.15, 0.2) is 35.2 Å². The summed E-state index contributed by atoms with van der Waals surface area (Å²) in [7, 11) is -3.44. The van der Waals surface area contributed by atoms with E-state index in [0.717, 1.165) is 25.1 Å². The topological polar surface area (TPSA) is 57.7 Å². The number of carbonyl (C=O) groups excluding carboxylic acids is 1. The molecule has 2 atom stereocenters. The molecule has 1 aromatic carbocycles. The van der Waals surface area contributed by atoms with Crippen molar-refractivity contribution in [1.82, 2.24) is 9.21 Å². The van der Waals surface area contributed by atoms with Crippen molar-refractivity contribution < 1.29 is 13.2 Å². The lowest BCUT2D eigenvalue weighted by Crippen LogP contribution is -2.41. The van der Waals surface area contributed by atoms with Gasteiger partial charge in [-0.15, -0.1) is 0 Å². The maximum absolute atomic E-state index is 12.5. The Labute approximate surface area is 157 Å². The molecule has 1 aromatic rings. The maximum atomic E-state index is 12.5. The summed E-state index contributed by atoms with van der Waals surface area (Å²) >= 11 is 0. The van der Waals surface area contributed by atoms with Gasteiger partial charge in [0.15, 0.2) is 0 Å². The second-order valence-electron chi connectivity index (χ2n) is 7.18. The van der Waals surface area contributed by atoms with Crippen LogP contribution in [0.3, 0.4) is 0 Å². The van der Waals surface area contributed by atoms with Gasteiger partial charge in [-0.05, 0) is 42.0 Å². The number of hydrogen-bond acceptors (Lipinski definition) is 3. The van der Waals surface area contributed by atoms with Crippen molar-refractivity contribution in [3.8, 4) is 0 Å². The fourth-order valence-corrected chi connectivity index (χ4v) is 5.04. The van der Waals surface area contributed by atoms with Gasteiger partial charge >= 0.3 is 0 Å². The number of nitrogens with zero attached hydrogens (tertiary/aromatic N) is 2. The number of amides is 1. The second kappa shape index (κ2) is 8.82. The summed E-state index contributed by atoms with van der Waals surface area (Å²) in [6.45, 7) is 10.5. The normalized spacial score (nSPS) is 21.5. The molecule has 2 unspecified atom stereocenters. The third-order valence-electron chi connectivity index (χ3n) is 4.82. The molecule has 0 bridgehead atoms. The van der Waals surface area contributed by atoms with Crippen molar-refractivity contribution in [2.45, 2.75) is 39.0 Å². The van der Waals surface area contributed by atoms with E-state index in [2.05, 4.69) is 13.8 Å². The van der Waals surface area contributed by atoms with E-state index in [1.165, 1.54) is 4.31 Å². The van der Waals surface area contributed by atoms with Gasteiger partial charge in [0.25, 0.3) is 0 Å². The van der Waals surface area contributed by atoms with E-state index in [9.17, 15) is 13.2 Å². The average molecular weight is 379 g/mol. The Morgan fingerprint density at radius 2 is 1.65 bits per heavy atom. The average Bonchev–Trinajstić information content (AvgIpc) is 2.60. The van der Waals surface area contributed by atoms with E-state index >= 15 is 0 Å². The van der Waals surface area contributed by atoms with Crippen LogP contribution < -0.4 is 0 Å². The second-order valence-corrected chi connectivity index (χ2v) is 9.12. The molecule has 1 amide bonds. The lowest BCUT2D eigenvalue weighted by molar-refractivity contribution is -0.128. The smallest absolute Gasteiger partial charge is 0.246 e. The highest BCUT2D eigenvalue weighted by molar-refractivity contribution is 7.89. The first-order chi connectivity index (χ1) is 12.3. The van der Waals surface area contributed by atoms with E-state index in [-0.39, 0.29) is 10.8 Å². The van der Waals surface area contributed by atoms with Crippen molar-refractivity contribution in [1.29, 1.82) is 0 Å². The molecule has 2 rings (SSSR count). The molecular weight excluding hydrogens is 348 g/mol. The molecule has 144 valence electrons. The van der Waals surface area contributed by atoms with Gasteiger partial charge in [0, 0.05) is 32.3 Å². The van der Waals surface area contributed by atoms with Gasteiger partial charge in [-0.2, -0.15) is 4.31 Å². The predicted octanol–water partition coefficient (Wildman–Crippen LogP) is 3.23. The summed E-state index contributed by atoms with van der Waals surface area (Å²) in [6.07, 6.45) is 4.49.